The second kappa shape index (κ2) is 16.6. The average Bonchev–Trinajstić information content (AvgIpc) is 2.88. The smallest absolute Gasteiger partial charge is 0.119 e. The molecule has 0 unspecified atom stereocenters. The van der Waals surface area contributed by atoms with Gasteiger partial charge >= 0.3 is 0 Å². The van der Waals surface area contributed by atoms with E-state index >= 15 is 0 Å². The molecule has 0 amide bonds. The summed E-state index contributed by atoms with van der Waals surface area (Å²) in [5.41, 5.74) is 3.28. The molecule has 0 aliphatic carbocycles. The van der Waals surface area contributed by atoms with E-state index in [0.717, 1.165) is 93.4 Å². The van der Waals surface area contributed by atoms with E-state index in [1.165, 1.54) is 0 Å². The quantitative estimate of drug-likeness (QED) is 0.109. The van der Waals surface area contributed by atoms with Gasteiger partial charge in [0.2, 0.25) is 0 Å². The Morgan fingerprint density at radius 1 is 0.588 bits per heavy atom. The Balaban J connectivity index is 1.65. The molecule has 0 radical (unpaired) electrons. The molecule has 0 fully saturated rings. The van der Waals surface area contributed by atoms with Crippen molar-refractivity contribution in [2.45, 2.75) is 78.1 Å². The highest BCUT2D eigenvalue weighted by molar-refractivity contribution is 6.00. The van der Waals surface area contributed by atoms with E-state index in [1.54, 1.807) is 0 Å². The van der Waals surface area contributed by atoms with Gasteiger partial charge in [-0.3, -0.25) is 0 Å². The molecule has 0 atom stereocenters. The van der Waals surface area contributed by atoms with Gasteiger partial charge in [0.1, 0.15) is 11.5 Å². The van der Waals surface area contributed by atoms with Crippen LogP contribution in [0.15, 0.2) is 58.8 Å². The highest BCUT2D eigenvalue weighted by Crippen LogP contribution is 2.18. The van der Waals surface area contributed by atoms with Crippen molar-refractivity contribution in [3.05, 3.63) is 59.7 Å². The highest BCUT2D eigenvalue weighted by Gasteiger charge is 2.07. The number of hydrogen-bond donors (Lipinski definition) is 2. The van der Waals surface area contributed by atoms with Gasteiger partial charge in [0.25, 0.3) is 0 Å². The Kier molecular flexibility index (Phi) is 13.3. The normalized spacial score (nSPS) is 12.1. The van der Waals surface area contributed by atoms with Gasteiger partial charge < -0.3 is 19.9 Å². The van der Waals surface area contributed by atoms with Crippen LogP contribution in [0.2, 0.25) is 0 Å². The van der Waals surface area contributed by atoms with Crippen molar-refractivity contribution < 1.29 is 19.9 Å². The number of rotatable bonds is 17. The lowest BCUT2D eigenvalue weighted by molar-refractivity contribution is 0.309. The lowest BCUT2D eigenvalue weighted by Gasteiger charge is -2.09. The molecular formula is C28H40N2O4. The Morgan fingerprint density at radius 2 is 1.03 bits per heavy atom. The summed E-state index contributed by atoms with van der Waals surface area (Å²) in [6.45, 7) is 5.64. The van der Waals surface area contributed by atoms with E-state index in [4.69, 9.17) is 9.47 Å². The average molecular weight is 469 g/mol. The van der Waals surface area contributed by atoms with E-state index < -0.39 is 0 Å². The molecular weight excluding hydrogens is 428 g/mol. The van der Waals surface area contributed by atoms with Gasteiger partial charge in [-0.1, -0.05) is 49.8 Å². The second-order valence-corrected chi connectivity index (χ2v) is 8.46. The monoisotopic (exact) mass is 468 g/mol. The number of unbranched alkanes of at least 4 members (excludes halogenated alkanes) is 5. The van der Waals surface area contributed by atoms with Crippen LogP contribution in [0.5, 0.6) is 11.5 Å². The van der Waals surface area contributed by atoms with E-state index in [9.17, 15) is 10.4 Å². The van der Waals surface area contributed by atoms with Crippen molar-refractivity contribution in [3.63, 3.8) is 0 Å². The third-order valence-corrected chi connectivity index (χ3v) is 5.68. The van der Waals surface area contributed by atoms with Gasteiger partial charge in [-0.2, -0.15) is 0 Å². The van der Waals surface area contributed by atoms with E-state index in [-0.39, 0.29) is 0 Å². The molecule has 2 rings (SSSR count). The molecule has 0 aliphatic heterocycles. The van der Waals surface area contributed by atoms with E-state index in [0.29, 0.717) is 18.0 Å². The predicted molar refractivity (Wildman–Crippen MR) is 138 cm³/mol. The third-order valence-electron chi connectivity index (χ3n) is 5.68. The van der Waals surface area contributed by atoms with Crippen LogP contribution in [0.1, 0.15) is 89.2 Å². The highest BCUT2D eigenvalue weighted by atomic mass is 16.5. The fourth-order valence-electron chi connectivity index (χ4n) is 3.66. The lowest BCUT2D eigenvalue weighted by Crippen LogP contribution is -2.03. The van der Waals surface area contributed by atoms with Crippen LogP contribution in [0, 0.1) is 0 Å². The Morgan fingerprint density at radius 3 is 1.44 bits per heavy atom. The first-order chi connectivity index (χ1) is 16.7. The first kappa shape index (κ1) is 27.2. The van der Waals surface area contributed by atoms with Gasteiger partial charge in [-0.15, -0.1) is 0 Å². The van der Waals surface area contributed by atoms with Crippen molar-refractivity contribution in [2.75, 3.05) is 13.2 Å². The molecule has 0 aliphatic rings. The van der Waals surface area contributed by atoms with Crippen LogP contribution in [0.3, 0.4) is 0 Å². The first-order valence-corrected chi connectivity index (χ1v) is 12.6. The van der Waals surface area contributed by atoms with Crippen molar-refractivity contribution >= 4 is 11.4 Å². The maximum absolute atomic E-state index is 9.43. The van der Waals surface area contributed by atoms with Gasteiger partial charge in [0.05, 0.1) is 24.6 Å². The van der Waals surface area contributed by atoms with Crippen molar-refractivity contribution in [1.82, 2.24) is 0 Å². The van der Waals surface area contributed by atoms with E-state index in [2.05, 4.69) is 24.2 Å². The maximum atomic E-state index is 9.43. The SMILES string of the molecule is CCCCOc1ccc(C(CCCCCCCC(=NO)c2ccc(OCCC)cc2)=NO)cc1. The zero-order chi connectivity index (χ0) is 24.4. The summed E-state index contributed by atoms with van der Waals surface area (Å²) < 4.78 is 11.3. The molecule has 0 bridgehead atoms. The summed E-state index contributed by atoms with van der Waals surface area (Å²) in [6.07, 6.45) is 9.75. The topological polar surface area (TPSA) is 83.6 Å². The Bertz CT molecular complexity index is 861. The van der Waals surface area contributed by atoms with Gasteiger partial charge in [0, 0.05) is 0 Å². The molecule has 0 saturated heterocycles. The second-order valence-electron chi connectivity index (χ2n) is 8.46. The maximum Gasteiger partial charge on any atom is 0.119 e. The summed E-state index contributed by atoms with van der Waals surface area (Å²) in [7, 11) is 0. The molecule has 0 aromatic heterocycles. The summed E-state index contributed by atoms with van der Waals surface area (Å²) in [4.78, 5) is 0. The minimum Gasteiger partial charge on any atom is -0.494 e. The predicted octanol–water partition coefficient (Wildman–Crippen LogP) is 7.44. The summed E-state index contributed by atoms with van der Waals surface area (Å²) in [5.74, 6) is 1.69. The molecule has 0 saturated carbocycles. The van der Waals surface area contributed by atoms with Crippen molar-refractivity contribution in [2.24, 2.45) is 10.3 Å². The number of oxime groups is 2. The number of nitrogens with zero attached hydrogens (tertiary/aromatic N) is 2. The molecule has 34 heavy (non-hydrogen) atoms. The first-order valence-electron chi connectivity index (χ1n) is 12.6. The van der Waals surface area contributed by atoms with Crippen LogP contribution in [-0.2, 0) is 0 Å². The zero-order valence-electron chi connectivity index (χ0n) is 20.7. The summed E-state index contributed by atoms with van der Waals surface area (Å²) >= 11 is 0. The van der Waals surface area contributed by atoms with Crippen LogP contribution >= 0.6 is 0 Å². The fourth-order valence-corrected chi connectivity index (χ4v) is 3.66. The molecule has 0 spiro atoms. The summed E-state index contributed by atoms with van der Waals surface area (Å²) in [5, 5.41) is 25.9. The minimum absolute atomic E-state index is 0.701. The number of hydrogen-bond acceptors (Lipinski definition) is 6. The van der Waals surface area contributed by atoms with E-state index in [1.807, 2.05) is 48.5 Å². The standard InChI is InChI=1S/C28H40N2O4/c1-3-5-22-34-26-19-15-24(16-20-26)28(30-32)12-10-8-6-7-9-11-27(29-31)23-13-17-25(18-14-23)33-21-4-2/h13-20,31-32H,3-12,21-22H2,1-2H3. The molecule has 6 heteroatoms. The Labute approximate surface area is 204 Å². The minimum atomic E-state index is 0.701. The zero-order valence-corrected chi connectivity index (χ0v) is 20.7. The van der Waals surface area contributed by atoms with Gasteiger partial charge in [-0.05, 0) is 98.2 Å². The molecule has 2 aromatic rings. The Hall–Kier alpha value is -3.02. The van der Waals surface area contributed by atoms with Crippen LogP contribution in [-0.4, -0.2) is 35.1 Å². The molecule has 2 aromatic carbocycles. The molecule has 0 heterocycles. The van der Waals surface area contributed by atoms with Gasteiger partial charge in [0.15, 0.2) is 0 Å². The number of ether oxygens (including phenoxy) is 2. The third kappa shape index (κ3) is 9.86. The molecule has 186 valence electrons. The van der Waals surface area contributed by atoms with Crippen LogP contribution in [0.4, 0.5) is 0 Å². The van der Waals surface area contributed by atoms with Crippen molar-refractivity contribution in [1.29, 1.82) is 0 Å². The van der Waals surface area contributed by atoms with Crippen LogP contribution in [0.25, 0.3) is 0 Å². The van der Waals surface area contributed by atoms with Crippen molar-refractivity contribution in [3.8, 4) is 11.5 Å². The van der Waals surface area contributed by atoms with Gasteiger partial charge in [-0.25, -0.2) is 0 Å². The largest absolute Gasteiger partial charge is 0.494 e. The summed E-state index contributed by atoms with van der Waals surface area (Å²) in [6, 6.07) is 15.5. The number of benzene rings is 2. The molecule has 2 N–H and O–H groups in total. The lowest BCUT2D eigenvalue weighted by atomic mass is 10.0. The fraction of sp³-hybridized carbons (Fsp3) is 0.500. The van der Waals surface area contributed by atoms with Crippen LogP contribution < -0.4 is 9.47 Å². The molecule has 6 nitrogen and oxygen atoms in total.